The van der Waals surface area contributed by atoms with Gasteiger partial charge in [-0.3, -0.25) is 0 Å². The average molecular weight is 226 g/mol. The van der Waals surface area contributed by atoms with Crippen LogP contribution in [0.4, 0.5) is 13.2 Å². The largest absolute Gasteiger partial charge is 0.401 e. The van der Waals surface area contributed by atoms with Gasteiger partial charge >= 0.3 is 6.18 Å². The maximum atomic E-state index is 11.8. The summed E-state index contributed by atoms with van der Waals surface area (Å²) in [5, 5.41) is 2.38. The molecule has 0 fully saturated rings. The lowest BCUT2D eigenvalue weighted by Gasteiger charge is -2.17. The van der Waals surface area contributed by atoms with Crippen molar-refractivity contribution in [3.8, 4) is 0 Å². The minimum absolute atomic E-state index is 0.391. The van der Waals surface area contributed by atoms with E-state index < -0.39 is 12.7 Å². The lowest BCUT2D eigenvalue weighted by atomic mass is 10.2. The highest BCUT2D eigenvalue weighted by Crippen LogP contribution is 2.11. The minimum Gasteiger partial charge on any atom is -0.307 e. The molecule has 0 aliphatic heterocycles. The fourth-order valence-corrected chi connectivity index (χ4v) is 1.24. The Labute approximate surface area is 89.8 Å². The number of alkyl halides is 3. The van der Waals surface area contributed by atoms with Gasteiger partial charge in [0.2, 0.25) is 0 Å². The van der Waals surface area contributed by atoms with Crippen molar-refractivity contribution in [2.24, 2.45) is 0 Å². The molecule has 0 spiro atoms. The van der Waals surface area contributed by atoms with Gasteiger partial charge in [0.25, 0.3) is 0 Å². The van der Waals surface area contributed by atoms with Gasteiger partial charge in [-0.15, -0.1) is 0 Å². The molecule has 0 amide bonds. The first-order chi connectivity index (χ1) is 6.95. The van der Waals surface area contributed by atoms with Crippen LogP contribution in [0.3, 0.4) is 0 Å². The third-order valence-corrected chi connectivity index (χ3v) is 2.14. The van der Waals surface area contributed by atoms with E-state index in [0.29, 0.717) is 13.1 Å². The highest BCUT2D eigenvalue weighted by Gasteiger charge is 2.25. The predicted molar refractivity (Wildman–Crippen MR) is 55.9 cm³/mol. The number of halogens is 3. The zero-order valence-corrected chi connectivity index (χ0v) is 9.53. The molecule has 0 bridgehead atoms. The van der Waals surface area contributed by atoms with Crippen LogP contribution in [0.15, 0.2) is 0 Å². The Hall–Kier alpha value is -0.290. The quantitative estimate of drug-likeness (QED) is 0.639. The van der Waals surface area contributed by atoms with Crippen LogP contribution >= 0.6 is 0 Å². The Morgan fingerprint density at radius 2 is 1.80 bits per heavy atom. The van der Waals surface area contributed by atoms with E-state index in [1.807, 2.05) is 7.05 Å². The summed E-state index contributed by atoms with van der Waals surface area (Å²) in [4.78, 5) is 2.05. The molecule has 0 rings (SSSR count). The van der Waals surface area contributed by atoms with Crippen molar-refractivity contribution in [3.63, 3.8) is 0 Å². The van der Waals surface area contributed by atoms with Gasteiger partial charge in [0, 0.05) is 13.1 Å². The molecule has 0 heterocycles. The summed E-state index contributed by atoms with van der Waals surface area (Å²) < 4.78 is 35.3. The summed E-state index contributed by atoms with van der Waals surface area (Å²) in [5.74, 6) is 0. The third-order valence-electron chi connectivity index (χ3n) is 2.14. The second kappa shape index (κ2) is 7.93. The first-order valence-corrected chi connectivity index (χ1v) is 5.41. The number of nitrogens with zero attached hydrogens (tertiary/aromatic N) is 1. The van der Waals surface area contributed by atoms with E-state index in [1.165, 1.54) is 12.8 Å². The molecule has 0 radical (unpaired) electrons. The molecule has 0 aliphatic rings. The van der Waals surface area contributed by atoms with Crippen LogP contribution in [-0.4, -0.2) is 44.3 Å². The number of unbranched alkanes of at least 4 members (excludes halogenated alkanes) is 2. The average Bonchev–Trinajstić information content (AvgIpc) is 2.11. The van der Waals surface area contributed by atoms with E-state index in [0.717, 1.165) is 13.0 Å². The van der Waals surface area contributed by atoms with Crippen LogP contribution in [0.1, 0.15) is 26.2 Å². The van der Waals surface area contributed by atoms with Gasteiger partial charge in [0.05, 0.1) is 6.54 Å². The van der Waals surface area contributed by atoms with Gasteiger partial charge in [-0.2, -0.15) is 13.2 Å². The molecule has 5 heteroatoms. The molecule has 15 heavy (non-hydrogen) atoms. The molecule has 0 saturated carbocycles. The molecular formula is C10H21F3N2. The molecule has 0 aromatic heterocycles. The topological polar surface area (TPSA) is 15.3 Å². The Balaban J connectivity index is 3.27. The van der Waals surface area contributed by atoms with Crippen molar-refractivity contribution < 1.29 is 13.2 Å². The zero-order valence-electron chi connectivity index (χ0n) is 9.53. The summed E-state index contributed by atoms with van der Waals surface area (Å²) in [6, 6.07) is 0. The smallest absolute Gasteiger partial charge is 0.307 e. The lowest BCUT2D eigenvalue weighted by molar-refractivity contribution is -0.124. The second-order valence-corrected chi connectivity index (χ2v) is 3.80. The molecule has 1 N–H and O–H groups in total. The molecule has 0 unspecified atom stereocenters. The highest BCUT2D eigenvalue weighted by molar-refractivity contribution is 4.58. The van der Waals surface area contributed by atoms with Crippen molar-refractivity contribution >= 4 is 0 Å². The summed E-state index contributed by atoms with van der Waals surface area (Å²) >= 11 is 0. The van der Waals surface area contributed by atoms with Gasteiger partial charge in [-0.25, -0.2) is 0 Å². The van der Waals surface area contributed by atoms with Crippen LogP contribution in [0, 0.1) is 0 Å². The van der Waals surface area contributed by atoms with Crippen molar-refractivity contribution in [2.75, 3.05) is 33.2 Å². The Kier molecular flexibility index (Phi) is 7.78. The lowest BCUT2D eigenvalue weighted by Crippen LogP contribution is -2.35. The molecule has 0 aliphatic carbocycles. The fourth-order valence-electron chi connectivity index (χ4n) is 1.24. The Bertz CT molecular complexity index is 148. The Morgan fingerprint density at radius 1 is 1.13 bits per heavy atom. The van der Waals surface area contributed by atoms with E-state index in [-0.39, 0.29) is 0 Å². The van der Waals surface area contributed by atoms with Crippen LogP contribution in [0.5, 0.6) is 0 Å². The van der Waals surface area contributed by atoms with E-state index >= 15 is 0 Å². The van der Waals surface area contributed by atoms with Crippen molar-refractivity contribution in [1.29, 1.82) is 0 Å². The molecule has 2 nitrogen and oxygen atoms in total. The van der Waals surface area contributed by atoms with Crippen LogP contribution in [-0.2, 0) is 0 Å². The standard InChI is InChI=1S/C10H21F3N2/c1-3-4-5-7-15(2)8-6-14-9-10(11,12)13/h14H,3-9H2,1-2H3. The summed E-state index contributed by atoms with van der Waals surface area (Å²) in [5.41, 5.74) is 0. The van der Waals surface area contributed by atoms with Crippen LogP contribution in [0.25, 0.3) is 0 Å². The first kappa shape index (κ1) is 14.7. The number of nitrogens with one attached hydrogen (secondary N) is 1. The zero-order chi connectivity index (χ0) is 11.7. The van der Waals surface area contributed by atoms with Crippen molar-refractivity contribution in [1.82, 2.24) is 10.2 Å². The van der Waals surface area contributed by atoms with Crippen LogP contribution < -0.4 is 5.32 Å². The van der Waals surface area contributed by atoms with Gasteiger partial charge < -0.3 is 10.2 Å². The van der Waals surface area contributed by atoms with Crippen LogP contribution in [0.2, 0.25) is 0 Å². The third kappa shape index (κ3) is 11.6. The summed E-state index contributed by atoms with van der Waals surface area (Å²) in [7, 11) is 1.94. The van der Waals surface area contributed by atoms with E-state index in [4.69, 9.17) is 0 Å². The van der Waals surface area contributed by atoms with Gasteiger partial charge in [-0.1, -0.05) is 19.8 Å². The predicted octanol–water partition coefficient (Wildman–Crippen LogP) is 2.26. The maximum Gasteiger partial charge on any atom is 0.401 e. The molecule has 92 valence electrons. The summed E-state index contributed by atoms with van der Waals surface area (Å²) in [6.45, 7) is 3.25. The molecule has 0 aromatic carbocycles. The number of hydrogen-bond acceptors (Lipinski definition) is 2. The SMILES string of the molecule is CCCCCN(C)CCNCC(F)(F)F. The number of hydrogen-bond donors (Lipinski definition) is 1. The summed E-state index contributed by atoms with van der Waals surface area (Å²) in [6.07, 6.45) is -0.631. The minimum atomic E-state index is -4.10. The van der Waals surface area contributed by atoms with Gasteiger partial charge in [0.15, 0.2) is 0 Å². The van der Waals surface area contributed by atoms with E-state index in [2.05, 4.69) is 17.1 Å². The fraction of sp³-hybridized carbons (Fsp3) is 1.00. The molecule has 0 atom stereocenters. The normalized spacial score (nSPS) is 12.4. The molecular weight excluding hydrogens is 205 g/mol. The number of rotatable bonds is 8. The maximum absolute atomic E-state index is 11.8. The van der Waals surface area contributed by atoms with Crippen molar-refractivity contribution in [2.45, 2.75) is 32.4 Å². The van der Waals surface area contributed by atoms with Gasteiger partial charge in [-0.05, 0) is 20.0 Å². The van der Waals surface area contributed by atoms with Gasteiger partial charge in [0.1, 0.15) is 0 Å². The highest BCUT2D eigenvalue weighted by atomic mass is 19.4. The van der Waals surface area contributed by atoms with E-state index in [9.17, 15) is 13.2 Å². The molecule has 0 saturated heterocycles. The molecule has 0 aromatic rings. The monoisotopic (exact) mass is 226 g/mol. The first-order valence-electron chi connectivity index (χ1n) is 5.41. The second-order valence-electron chi connectivity index (χ2n) is 3.80. The van der Waals surface area contributed by atoms with Crippen molar-refractivity contribution in [3.05, 3.63) is 0 Å². The van der Waals surface area contributed by atoms with E-state index in [1.54, 1.807) is 0 Å². The number of likely N-dealkylation sites (N-methyl/N-ethyl adjacent to an activating group) is 1. The Morgan fingerprint density at radius 3 is 2.33 bits per heavy atom.